The van der Waals surface area contributed by atoms with E-state index in [0.29, 0.717) is 21.0 Å². The molecule has 0 atom stereocenters. The molecule has 0 aliphatic rings. The van der Waals surface area contributed by atoms with E-state index in [-0.39, 0.29) is 27.0 Å². The molecule has 0 saturated heterocycles. The molecule has 0 spiro atoms. The number of amides is 2. The Bertz CT molecular complexity index is 1570. The molecule has 2 amide bonds. The number of anilines is 1. The number of carbonyl (C=O) groups is 3. The topological polar surface area (TPSA) is 96.9 Å². The van der Waals surface area contributed by atoms with Gasteiger partial charge in [-0.25, -0.2) is 10.2 Å². The highest BCUT2D eigenvalue weighted by atomic mass is 35.5. The van der Waals surface area contributed by atoms with Crippen molar-refractivity contribution in [3.63, 3.8) is 0 Å². The molecule has 0 unspecified atom stereocenters. The van der Waals surface area contributed by atoms with E-state index in [9.17, 15) is 14.4 Å². The molecule has 4 rings (SSSR count). The summed E-state index contributed by atoms with van der Waals surface area (Å²) in [5.74, 6) is -2.63. The summed E-state index contributed by atoms with van der Waals surface area (Å²) in [6, 6.07) is 19.5. The third kappa shape index (κ3) is 6.39. The molecule has 0 aromatic heterocycles. The minimum absolute atomic E-state index is 0.117. The lowest BCUT2D eigenvalue weighted by Gasteiger charge is -2.11. The summed E-state index contributed by atoms with van der Waals surface area (Å²) in [5.41, 5.74) is 2.81. The van der Waals surface area contributed by atoms with Gasteiger partial charge in [0.1, 0.15) is 5.75 Å². The van der Waals surface area contributed by atoms with Crippen molar-refractivity contribution in [2.24, 2.45) is 5.10 Å². The first-order chi connectivity index (χ1) is 17.7. The van der Waals surface area contributed by atoms with Gasteiger partial charge in [-0.2, -0.15) is 5.10 Å². The number of fused-ring (bicyclic) bond motifs is 1. The first-order valence-electron chi connectivity index (χ1n) is 10.5. The summed E-state index contributed by atoms with van der Waals surface area (Å²) in [4.78, 5) is 37.3. The Morgan fingerprint density at radius 1 is 0.784 bits per heavy atom. The fraction of sp³-hybridized carbons (Fsp3) is 0. The average molecular weight is 575 g/mol. The van der Waals surface area contributed by atoms with Crippen LogP contribution in [0.5, 0.6) is 5.75 Å². The molecule has 2 N–H and O–H groups in total. The van der Waals surface area contributed by atoms with E-state index in [1.807, 2.05) is 12.1 Å². The van der Waals surface area contributed by atoms with Crippen LogP contribution in [0.15, 0.2) is 77.9 Å². The average Bonchev–Trinajstić information content (AvgIpc) is 2.87. The Hall–Kier alpha value is -3.62. The third-order valence-electron chi connectivity index (χ3n) is 5.03. The number of rotatable bonds is 5. The number of halogens is 4. The summed E-state index contributed by atoms with van der Waals surface area (Å²) in [6.45, 7) is 0. The highest BCUT2D eigenvalue weighted by Gasteiger charge is 2.18. The molecule has 186 valence electrons. The second-order valence-corrected chi connectivity index (χ2v) is 9.18. The maximum absolute atomic E-state index is 12.8. The van der Waals surface area contributed by atoms with Crippen molar-refractivity contribution in [2.75, 3.05) is 5.32 Å². The molecule has 0 fully saturated rings. The molecule has 7 nitrogen and oxygen atoms in total. The molecule has 0 radical (unpaired) electrons. The Kier molecular flexibility index (Phi) is 8.31. The fourth-order valence-corrected chi connectivity index (χ4v) is 4.11. The van der Waals surface area contributed by atoms with Gasteiger partial charge in [0.2, 0.25) is 0 Å². The summed E-state index contributed by atoms with van der Waals surface area (Å²) in [6.07, 6.45) is 1.27. The molecular formula is C26H15Cl4N3O4. The Morgan fingerprint density at radius 2 is 1.51 bits per heavy atom. The lowest BCUT2D eigenvalue weighted by Crippen LogP contribution is -2.32. The van der Waals surface area contributed by atoms with E-state index >= 15 is 0 Å². The van der Waals surface area contributed by atoms with Gasteiger partial charge in [-0.15, -0.1) is 0 Å². The maximum atomic E-state index is 12.8. The van der Waals surface area contributed by atoms with Gasteiger partial charge in [0.15, 0.2) is 0 Å². The number of carbonyl (C=O) groups excluding carboxylic acids is 3. The standard InChI is InChI=1S/C26H15Cl4N3O4/c27-15-6-8-18(21(30)11-15)26(36)37-23-10-5-14-3-1-2-4-17(14)19(23)13-31-33-25(35)24(34)32-22-12-16(28)7-9-20(22)29/h1-13H,(H,32,34)(H,33,35)/b31-13-. The number of esters is 1. The van der Waals surface area contributed by atoms with E-state index in [0.717, 1.165) is 5.39 Å². The van der Waals surface area contributed by atoms with Gasteiger partial charge in [0.05, 0.1) is 27.5 Å². The van der Waals surface area contributed by atoms with Gasteiger partial charge >= 0.3 is 17.8 Å². The van der Waals surface area contributed by atoms with Crippen LogP contribution >= 0.6 is 46.4 Å². The van der Waals surface area contributed by atoms with Crippen LogP contribution in [0.1, 0.15) is 15.9 Å². The summed E-state index contributed by atoms with van der Waals surface area (Å²) >= 11 is 24.0. The van der Waals surface area contributed by atoms with Gasteiger partial charge in [-0.05, 0) is 53.2 Å². The zero-order chi connectivity index (χ0) is 26.5. The number of hydrogen-bond donors (Lipinski definition) is 2. The SMILES string of the molecule is O=C(N/N=C\c1c(OC(=O)c2ccc(Cl)cc2Cl)ccc2ccccc12)C(=O)Nc1cc(Cl)ccc1Cl. The highest BCUT2D eigenvalue weighted by molar-refractivity contribution is 6.42. The first-order valence-corrected chi connectivity index (χ1v) is 12.0. The van der Waals surface area contributed by atoms with Gasteiger partial charge in [-0.3, -0.25) is 9.59 Å². The van der Waals surface area contributed by atoms with Crippen LogP contribution in [0.25, 0.3) is 10.8 Å². The van der Waals surface area contributed by atoms with Crippen LogP contribution < -0.4 is 15.5 Å². The summed E-state index contributed by atoms with van der Waals surface area (Å²) in [5, 5.41) is 8.80. The quantitative estimate of drug-likeness (QED) is 0.0904. The molecule has 11 heteroatoms. The van der Waals surface area contributed by atoms with Crippen LogP contribution in [0.3, 0.4) is 0 Å². The van der Waals surface area contributed by atoms with Crippen molar-refractivity contribution in [3.8, 4) is 5.75 Å². The number of nitrogens with one attached hydrogen (secondary N) is 2. The maximum Gasteiger partial charge on any atom is 0.345 e. The van der Waals surface area contributed by atoms with Gasteiger partial charge < -0.3 is 10.1 Å². The summed E-state index contributed by atoms with van der Waals surface area (Å²) < 4.78 is 5.59. The monoisotopic (exact) mass is 573 g/mol. The number of ether oxygens (including phenoxy) is 1. The zero-order valence-electron chi connectivity index (χ0n) is 18.6. The highest BCUT2D eigenvalue weighted by Crippen LogP contribution is 2.29. The molecule has 0 saturated carbocycles. The minimum Gasteiger partial charge on any atom is -0.422 e. The van der Waals surface area contributed by atoms with Crippen molar-refractivity contribution >= 4 is 86.9 Å². The van der Waals surface area contributed by atoms with Crippen molar-refractivity contribution in [2.45, 2.75) is 0 Å². The molecule has 0 bridgehead atoms. The van der Waals surface area contributed by atoms with Crippen molar-refractivity contribution in [1.82, 2.24) is 5.43 Å². The smallest absolute Gasteiger partial charge is 0.345 e. The molecule has 0 aliphatic heterocycles. The van der Waals surface area contributed by atoms with Gasteiger partial charge in [0.25, 0.3) is 0 Å². The lowest BCUT2D eigenvalue weighted by atomic mass is 10.0. The Labute approximate surface area is 230 Å². The number of benzene rings is 4. The van der Waals surface area contributed by atoms with E-state index < -0.39 is 17.8 Å². The second kappa shape index (κ2) is 11.6. The lowest BCUT2D eigenvalue weighted by molar-refractivity contribution is -0.136. The number of nitrogens with zero attached hydrogens (tertiary/aromatic N) is 1. The predicted octanol–water partition coefficient (Wildman–Crippen LogP) is 6.76. The van der Waals surface area contributed by atoms with E-state index in [1.165, 1.54) is 36.5 Å². The van der Waals surface area contributed by atoms with E-state index in [2.05, 4.69) is 15.8 Å². The fourth-order valence-electron chi connectivity index (χ4n) is 3.29. The largest absolute Gasteiger partial charge is 0.422 e. The molecule has 0 heterocycles. The minimum atomic E-state index is -1.06. The summed E-state index contributed by atoms with van der Waals surface area (Å²) in [7, 11) is 0. The number of hydrogen-bond acceptors (Lipinski definition) is 5. The van der Waals surface area contributed by atoms with Crippen LogP contribution in [0.2, 0.25) is 20.1 Å². The molecule has 4 aromatic rings. The molecule has 0 aliphatic carbocycles. The van der Waals surface area contributed by atoms with E-state index in [4.69, 9.17) is 51.1 Å². The predicted molar refractivity (Wildman–Crippen MR) is 146 cm³/mol. The number of hydrazone groups is 1. The van der Waals surface area contributed by atoms with Crippen molar-refractivity contribution < 1.29 is 19.1 Å². The van der Waals surface area contributed by atoms with Crippen LogP contribution in [0, 0.1) is 0 Å². The van der Waals surface area contributed by atoms with Crippen LogP contribution in [-0.2, 0) is 9.59 Å². The Morgan fingerprint density at radius 3 is 2.30 bits per heavy atom. The van der Waals surface area contributed by atoms with Gasteiger partial charge in [-0.1, -0.05) is 76.7 Å². The van der Waals surface area contributed by atoms with Crippen molar-refractivity contribution in [3.05, 3.63) is 104 Å². The first kappa shape index (κ1) is 26.4. The van der Waals surface area contributed by atoms with E-state index in [1.54, 1.807) is 30.3 Å². The van der Waals surface area contributed by atoms with Gasteiger partial charge in [0, 0.05) is 15.6 Å². The third-order valence-corrected chi connectivity index (χ3v) is 6.14. The second-order valence-electron chi connectivity index (χ2n) is 7.49. The zero-order valence-corrected chi connectivity index (χ0v) is 21.6. The molecule has 4 aromatic carbocycles. The van der Waals surface area contributed by atoms with Crippen LogP contribution in [0.4, 0.5) is 5.69 Å². The van der Waals surface area contributed by atoms with Crippen LogP contribution in [-0.4, -0.2) is 24.0 Å². The Balaban J connectivity index is 1.56. The molecule has 37 heavy (non-hydrogen) atoms. The normalized spacial score (nSPS) is 10.9. The molecular weight excluding hydrogens is 560 g/mol. The van der Waals surface area contributed by atoms with Crippen molar-refractivity contribution in [1.29, 1.82) is 0 Å².